The van der Waals surface area contributed by atoms with Gasteiger partial charge in [-0.25, -0.2) is 0 Å². The molecule has 1 aromatic carbocycles. The van der Waals surface area contributed by atoms with Crippen molar-refractivity contribution in [3.05, 3.63) is 21.8 Å². The van der Waals surface area contributed by atoms with Crippen molar-refractivity contribution in [2.45, 2.75) is 26.7 Å². The summed E-state index contributed by atoms with van der Waals surface area (Å²) in [4.78, 5) is 0. The van der Waals surface area contributed by atoms with Crippen molar-refractivity contribution >= 4 is 22.6 Å². The number of halogens is 1. The van der Waals surface area contributed by atoms with Crippen molar-refractivity contribution in [1.82, 2.24) is 0 Å². The molecule has 0 bridgehead atoms. The molecule has 0 radical (unpaired) electrons. The van der Waals surface area contributed by atoms with E-state index in [9.17, 15) is 0 Å². The van der Waals surface area contributed by atoms with Gasteiger partial charge in [-0.15, -0.1) is 0 Å². The van der Waals surface area contributed by atoms with E-state index in [0.29, 0.717) is 0 Å². The number of hydrogen-bond acceptors (Lipinski definition) is 2. The predicted molar refractivity (Wildman–Crippen MR) is 70.7 cm³/mol. The molecule has 0 saturated carbocycles. The lowest BCUT2D eigenvalue weighted by Crippen LogP contribution is -2.02. The van der Waals surface area contributed by atoms with Crippen LogP contribution in [0.3, 0.4) is 0 Å². The van der Waals surface area contributed by atoms with Gasteiger partial charge in [-0.2, -0.15) is 0 Å². The van der Waals surface area contributed by atoms with Crippen LogP contribution in [0.25, 0.3) is 0 Å². The maximum atomic E-state index is 5.68. The molecular formula is C12H17IO2. The van der Waals surface area contributed by atoms with Crippen molar-refractivity contribution < 1.29 is 9.47 Å². The molecule has 0 N–H and O–H groups in total. The molecule has 0 fully saturated rings. The highest BCUT2D eigenvalue weighted by Gasteiger charge is 2.08. The van der Waals surface area contributed by atoms with Gasteiger partial charge in [0.05, 0.1) is 16.8 Å². The quantitative estimate of drug-likeness (QED) is 0.741. The van der Waals surface area contributed by atoms with Gasteiger partial charge in [-0.05, 0) is 47.6 Å². The van der Waals surface area contributed by atoms with Gasteiger partial charge in [0.1, 0.15) is 0 Å². The van der Waals surface area contributed by atoms with E-state index in [4.69, 9.17) is 9.47 Å². The Labute approximate surface area is 105 Å². The Bertz CT molecular complexity index is 300. The van der Waals surface area contributed by atoms with Crippen LogP contribution in [0.15, 0.2) is 18.2 Å². The van der Waals surface area contributed by atoms with E-state index in [-0.39, 0.29) is 0 Å². The molecule has 0 spiro atoms. The van der Waals surface area contributed by atoms with Crippen LogP contribution in [-0.2, 0) is 0 Å². The molecule has 0 aliphatic carbocycles. The second-order valence-electron chi connectivity index (χ2n) is 3.26. The Hall–Kier alpha value is -0.450. The zero-order valence-electron chi connectivity index (χ0n) is 9.25. The zero-order chi connectivity index (χ0) is 11.1. The minimum Gasteiger partial charge on any atom is -0.490 e. The first kappa shape index (κ1) is 12.6. The molecule has 3 heteroatoms. The average Bonchev–Trinajstić information content (AvgIpc) is 2.25. The van der Waals surface area contributed by atoms with Crippen LogP contribution in [-0.4, -0.2) is 13.2 Å². The highest BCUT2D eigenvalue weighted by molar-refractivity contribution is 14.1. The van der Waals surface area contributed by atoms with E-state index in [2.05, 4.69) is 36.4 Å². The fourth-order valence-electron chi connectivity index (χ4n) is 1.16. The lowest BCUT2D eigenvalue weighted by atomic mass is 10.3. The van der Waals surface area contributed by atoms with Crippen molar-refractivity contribution in [2.75, 3.05) is 13.2 Å². The summed E-state index contributed by atoms with van der Waals surface area (Å²) in [7, 11) is 0. The third-order valence-corrected chi connectivity index (χ3v) is 2.69. The van der Waals surface area contributed by atoms with Crippen LogP contribution < -0.4 is 9.47 Å². The average molecular weight is 320 g/mol. The van der Waals surface area contributed by atoms with Gasteiger partial charge in [0, 0.05) is 0 Å². The van der Waals surface area contributed by atoms with E-state index in [1.165, 1.54) is 0 Å². The summed E-state index contributed by atoms with van der Waals surface area (Å²) in [6.07, 6.45) is 2.02. The summed E-state index contributed by atoms with van der Waals surface area (Å²) in [5, 5.41) is 0. The van der Waals surface area contributed by atoms with E-state index in [1.54, 1.807) is 0 Å². The van der Waals surface area contributed by atoms with Gasteiger partial charge in [0.2, 0.25) is 0 Å². The zero-order valence-corrected chi connectivity index (χ0v) is 11.4. The molecule has 15 heavy (non-hydrogen) atoms. The van der Waals surface area contributed by atoms with Crippen LogP contribution in [0.4, 0.5) is 0 Å². The minimum absolute atomic E-state index is 0.739. The monoisotopic (exact) mass is 320 g/mol. The van der Waals surface area contributed by atoms with Crippen LogP contribution in [0.1, 0.15) is 26.7 Å². The number of rotatable bonds is 6. The second kappa shape index (κ2) is 6.93. The van der Waals surface area contributed by atoms with Crippen molar-refractivity contribution in [3.63, 3.8) is 0 Å². The molecule has 0 aromatic heterocycles. The van der Waals surface area contributed by atoms with Crippen molar-refractivity contribution in [1.29, 1.82) is 0 Å². The van der Waals surface area contributed by atoms with Gasteiger partial charge in [0.15, 0.2) is 11.5 Å². The molecule has 2 nitrogen and oxygen atoms in total. The van der Waals surface area contributed by atoms with Gasteiger partial charge in [-0.3, -0.25) is 0 Å². The Morgan fingerprint density at radius 3 is 2.40 bits per heavy atom. The number of hydrogen-bond donors (Lipinski definition) is 0. The number of ether oxygens (including phenoxy) is 2. The predicted octanol–water partition coefficient (Wildman–Crippen LogP) is 3.87. The molecule has 0 amide bonds. The van der Waals surface area contributed by atoms with Gasteiger partial charge >= 0.3 is 0 Å². The first-order chi connectivity index (χ1) is 7.29. The summed E-state index contributed by atoms with van der Waals surface area (Å²) in [6.45, 7) is 5.67. The Morgan fingerprint density at radius 2 is 1.73 bits per heavy atom. The second-order valence-corrected chi connectivity index (χ2v) is 4.43. The molecular weight excluding hydrogens is 303 g/mol. The molecule has 1 aromatic rings. The molecule has 0 heterocycles. The maximum absolute atomic E-state index is 5.68. The summed E-state index contributed by atoms with van der Waals surface area (Å²) in [5.74, 6) is 1.74. The van der Waals surface area contributed by atoms with E-state index >= 15 is 0 Å². The molecule has 0 unspecified atom stereocenters. The van der Waals surface area contributed by atoms with Crippen molar-refractivity contribution in [2.24, 2.45) is 0 Å². The van der Waals surface area contributed by atoms with Gasteiger partial charge in [0.25, 0.3) is 0 Å². The smallest absolute Gasteiger partial charge is 0.174 e. The standard InChI is InChI=1S/C12H17IO2/c1-3-8-14-11-7-5-6-10(13)12(11)15-9-4-2/h5-7H,3-4,8-9H2,1-2H3. The molecule has 0 saturated heterocycles. The molecule has 0 aliphatic heterocycles. The van der Waals surface area contributed by atoms with E-state index in [0.717, 1.165) is 41.1 Å². The Balaban J connectivity index is 2.77. The molecule has 1 rings (SSSR count). The fourth-order valence-corrected chi connectivity index (χ4v) is 1.79. The Kier molecular flexibility index (Phi) is 5.83. The van der Waals surface area contributed by atoms with Crippen LogP contribution in [0.5, 0.6) is 11.5 Å². The third kappa shape index (κ3) is 3.89. The van der Waals surface area contributed by atoms with Crippen LogP contribution in [0, 0.1) is 3.57 Å². The lowest BCUT2D eigenvalue weighted by Gasteiger charge is -2.13. The highest BCUT2D eigenvalue weighted by Crippen LogP contribution is 2.32. The summed E-state index contributed by atoms with van der Waals surface area (Å²) >= 11 is 2.27. The maximum Gasteiger partial charge on any atom is 0.174 e. The highest BCUT2D eigenvalue weighted by atomic mass is 127. The first-order valence-electron chi connectivity index (χ1n) is 5.33. The number of benzene rings is 1. The van der Waals surface area contributed by atoms with E-state index < -0.39 is 0 Å². The van der Waals surface area contributed by atoms with Crippen LogP contribution >= 0.6 is 22.6 Å². The van der Waals surface area contributed by atoms with E-state index in [1.807, 2.05) is 18.2 Å². The van der Waals surface area contributed by atoms with Crippen LogP contribution in [0.2, 0.25) is 0 Å². The lowest BCUT2D eigenvalue weighted by molar-refractivity contribution is 0.267. The number of para-hydroxylation sites is 1. The molecule has 0 aliphatic rings. The summed E-state index contributed by atoms with van der Waals surface area (Å²) < 4.78 is 12.4. The largest absolute Gasteiger partial charge is 0.490 e. The molecule has 0 atom stereocenters. The van der Waals surface area contributed by atoms with Crippen molar-refractivity contribution in [3.8, 4) is 11.5 Å². The minimum atomic E-state index is 0.739. The fraction of sp³-hybridized carbons (Fsp3) is 0.500. The molecule has 84 valence electrons. The summed E-state index contributed by atoms with van der Waals surface area (Å²) in [5.41, 5.74) is 0. The Morgan fingerprint density at radius 1 is 1.07 bits per heavy atom. The van der Waals surface area contributed by atoms with Gasteiger partial charge in [-0.1, -0.05) is 19.9 Å². The first-order valence-corrected chi connectivity index (χ1v) is 6.41. The van der Waals surface area contributed by atoms with Gasteiger partial charge < -0.3 is 9.47 Å². The normalized spacial score (nSPS) is 10.1. The topological polar surface area (TPSA) is 18.5 Å². The summed E-state index contributed by atoms with van der Waals surface area (Å²) in [6, 6.07) is 5.98. The third-order valence-electron chi connectivity index (χ3n) is 1.84. The SMILES string of the molecule is CCCOc1cccc(I)c1OCCC.